The minimum Gasteiger partial charge on any atom is -0.457 e. The highest BCUT2D eigenvalue weighted by atomic mass is 32.2. The summed E-state index contributed by atoms with van der Waals surface area (Å²) in [6.45, 7) is 0. The first-order chi connectivity index (χ1) is 23.5. The van der Waals surface area contributed by atoms with Gasteiger partial charge in [-0.3, -0.25) is 9.59 Å². The van der Waals surface area contributed by atoms with Gasteiger partial charge in [-0.2, -0.15) is 0 Å². The number of amides is 2. The number of nitrogens with zero attached hydrogens (tertiary/aromatic N) is 4. The second-order valence-corrected chi connectivity index (χ2v) is 13.3. The van der Waals surface area contributed by atoms with Crippen LogP contribution in [-0.4, -0.2) is 29.4 Å². The van der Waals surface area contributed by atoms with Crippen molar-refractivity contribution in [3.05, 3.63) is 133 Å². The van der Waals surface area contributed by atoms with Crippen LogP contribution < -0.4 is 29.2 Å². The van der Waals surface area contributed by atoms with Gasteiger partial charge in [-0.1, -0.05) is 12.1 Å². The van der Waals surface area contributed by atoms with Crippen LogP contribution in [0.25, 0.3) is 0 Å². The molecule has 0 aliphatic heterocycles. The van der Waals surface area contributed by atoms with Crippen molar-refractivity contribution in [3.63, 3.8) is 0 Å². The molecular weight excluding hydrogens is 644 g/mol. The summed E-state index contributed by atoms with van der Waals surface area (Å²) in [5.41, 5.74) is 1.10. The largest absolute Gasteiger partial charge is 0.457 e. The molecule has 2 N–H and O–H groups in total. The van der Waals surface area contributed by atoms with E-state index in [1.807, 2.05) is 0 Å². The van der Waals surface area contributed by atoms with Crippen molar-refractivity contribution in [1.82, 2.24) is 9.13 Å². The molecule has 0 aliphatic rings. The summed E-state index contributed by atoms with van der Waals surface area (Å²) < 4.78 is 45.6. The van der Waals surface area contributed by atoms with Gasteiger partial charge in [0.2, 0.25) is 9.84 Å². The second-order valence-electron chi connectivity index (χ2n) is 11.3. The summed E-state index contributed by atoms with van der Waals surface area (Å²) in [5.74, 6) is 2.22. The second kappa shape index (κ2) is 13.5. The average Bonchev–Trinajstić information content (AvgIpc) is 3.60. The number of hydrogen-bond donors (Lipinski definition) is 2. The predicted octanol–water partition coefficient (Wildman–Crippen LogP) is 4.93. The Morgan fingerprint density at radius 1 is 0.592 bits per heavy atom. The lowest BCUT2D eigenvalue weighted by Gasteiger charge is -2.11. The van der Waals surface area contributed by atoms with Crippen molar-refractivity contribution in [3.8, 4) is 23.0 Å². The fraction of sp³-hybridized carbons (Fsp3) is 0.111. The number of rotatable bonds is 10. The number of carbonyl (C=O) groups excluding carboxylic acids is 2. The fourth-order valence-corrected chi connectivity index (χ4v) is 6.51. The molecule has 0 spiro atoms. The highest BCUT2D eigenvalue weighted by molar-refractivity contribution is 7.91. The summed E-state index contributed by atoms with van der Waals surface area (Å²) >= 11 is 0. The third-order valence-corrected chi connectivity index (χ3v) is 9.48. The van der Waals surface area contributed by atoms with Gasteiger partial charge in [0.05, 0.1) is 38.0 Å². The Labute approximate surface area is 283 Å². The Balaban J connectivity index is 1.08. The number of benzene rings is 4. The van der Waals surface area contributed by atoms with Gasteiger partial charge in [-0.25, -0.2) is 26.7 Å². The van der Waals surface area contributed by atoms with Crippen molar-refractivity contribution < 1.29 is 36.6 Å². The van der Waals surface area contributed by atoms with Crippen LogP contribution in [0.3, 0.4) is 0 Å². The van der Waals surface area contributed by atoms with Gasteiger partial charge >= 0.3 is 23.5 Å². The molecule has 0 saturated heterocycles. The van der Waals surface area contributed by atoms with Gasteiger partial charge in [0.15, 0.2) is 0 Å². The smallest absolute Gasteiger partial charge is 0.347 e. The molecule has 4 aromatic carbocycles. The molecule has 2 amide bonds. The molecule has 0 radical (unpaired) electrons. The number of carbonyl (C=O) groups is 2. The van der Waals surface area contributed by atoms with Crippen LogP contribution in [0.1, 0.15) is 21.2 Å². The number of imidazole rings is 2. The standard InChI is InChI=1S/C36H32N6O6S/c1-39-19-20-40(2)35(39)33(43)37-25-7-5-9-29(23-25)47-27-11-15-31(16-12-27)49(45,46)32-17-13-28(14-18-32)48-30-10-6-8-26(24-30)38-34(44)36-41(3)21-22-42(36)4/h5-24H,1-4H3/p+2. The van der Waals surface area contributed by atoms with Gasteiger partial charge in [0.25, 0.3) is 0 Å². The Kier molecular flexibility index (Phi) is 9.01. The van der Waals surface area contributed by atoms with E-state index in [-0.39, 0.29) is 21.6 Å². The first-order valence-corrected chi connectivity index (χ1v) is 16.6. The lowest BCUT2D eigenvalue weighted by Crippen LogP contribution is -2.37. The monoisotopic (exact) mass is 678 g/mol. The first kappa shape index (κ1) is 32.7. The number of sulfone groups is 1. The minimum atomic E-state index is -3.83. The zero-order chi connectivity index (χ0) is 34.7. The van der Waals surface area contributed by atoms with Gasteiger partial charge in [0.1, 0.15) is 47.8 Å². The summed E-state index contributed by atoms with van der Waals surface area (Å²) in [5, 5.41) is 5.74. The maximum atomic E-state index is 13.4. The van der Waals surface area contributed by atoms with Crippen molar-refractivity contribution in [2.45, 2.75) is 9.79 Å². The third kappa shape index (κ3) is 7.21. The normalized spacial score (nSPS) is 11.2. The SMILES string of the molecule is Cn1cc[n+](C)c1C(=O)Nc1cccc(Oc2ccc(S(=O)(=O)c3ccc(Oc4cccc(NC(=O)c5n(C)cc[n+]5C)c4)cc3)cc2)c1. The molecule has 0 aliphatic carbocycles. The topological polar surface area (TPSA) is 128 Å². The molecule has 0 saturated carbocycles. The molecule has 2 heterocycles. The summed E-state index contributed by atoms with van der Waals surface area (Å²) in [4.78, 5) is 25.7. The molecule has 12 nitrogen and oxygen atoms in total. The van der Waals surface area contributed by atoms with Crippen molar-refractivity contribution in [2.75, 3.05) is 10.6 Å². The molecule has 0 unspecified atom stereocenters. The zero-order valence-electron chi connectivity index (χ0n) is 27.2. The number of aromatic nitrogens is 4. The molecule has 6 aromatic rings. The van der Waals surface area contributed by atoms with Crippen LogP contribution in [0.5, 0.6) is 23.0 Å². The van der Waals surface area contributed by atoms with Crippen LogP contribution in [0.4, 0.5) is 11.4 Å². The van der Waals surface area contributed by atoms with E-state index < -0.39 is 9.84 Å². The Morgan fingerprint density at radius 2 is 0.980 bits per heavy atom. The van der Waals surface area contributed by atoms with Crippen LogP contribution >= 0.6 is 0 Å². The van der Waals surface area contributed by atoms with Crippen LogP contribution in [0, 0.1) is 0 Å². The maximum Gasteiger partial charge on any atom is 0.347 e. The van der Waals surface area contributed by atoms with Crippen LogP contribution in [0.2, 0.25) is 0 Å². The first-order valence-electron chi connectivity index (χ1n) is 15.1. The third-order valence-electron chi connectivity index (χ3n) is 7.69. The van der Waals surface area contributed by atoms with E-state index in [1.165, 1.54) is 24.3 Å². The molecule has 0 bridgehead atoms. The number of aryl methyl sites for hydroxylation is 4. The van der Waals surface area contributed by atoms with E-state index in [1.54, 1.807) is 144 Å². The molecular formula is C36H34N6O6S+2. The molecule has 6 rings (SSSR count). The number of nitrogens with one attached hydrogen (secondary N) is 2. The van der Waals surface area contributed by atoms with Crippen LogP contribution in [-0.2, 0) is 38.0 Å². The summed E-state index contributed by atoms with van der Waals surface area (Å²) in [7, 11) is 3.34. The van der Waals surface area contributed by atoms with Gasteiger partial charge in [-0.05, 0) is 72.8 Å². The van der Waals surface area contributed by atoms with Crippen molar-refractivity contribution in [1.29, 1.82) is 0 Å². The van der Waals surface area contributed by atoms with E-state index in [0.717, 1.165) is 0 Å². The lowest BCUT2D eigenvalue weighted by molar-refractivity contribution is -0.672. The average molecular weight is 679 g/mol. The van der Waals surface area contributed by atoms with Gasteiger partial charge in [-0.15, -0.1) is 0 Å². The molecule has 2 aromatic heterocycles. The molecule has 0 fully saturated rings. The molecule has 49 heavy (non-hydrogen) atoms. The van der Waals surface area contributed by atoms with E-state index in [9.17, 15) is 18.0 Å². The summed E-state index contributed by atoms with van der Waals surface area (Å²) in [6, 6.07) is 26.1. The summed E-state index contributed by atoms with van der Waals surface area (Å²) in [6.07, 6.45) is 7.17. The highest BCUT2D eigenvalue weighted by Crippen LogP contribution is 2.30. The zero-order valence-corrected chi connectivity index (χ0v) is 28.0. The Bertz CT molecular complexity index is 2080. The molecule has 13 heteroatoms. The van der Waals surface area contributed by atoms with E-state index in [2.05, 4.69) is 10.6 Å². The molecule has 248 valence electrons. The fourth-order valence-electron chi connectivity index (χ4n) is 5.25. The van der Waals surface area contributed by atoms with E-state index in [0.29, 0.717) is 46.0 Å². The van der Waals surface area contributed by atoms with Crippen molar-refractivity contribution in [2.24, 2.45) is 28.2 Å². The predicted molar refractivity (Wildman–Crippen MR) is 180 cm³/mol. The van der Waals surface area contributed by atoms with E-state index >= 15 is 0 Å². The number of anilines is 2. The van der Waals surface area contributed by atoms with Gasteiger partial charge < -0.3 is 20.1 Å². The van der Waals surface area contributed by atoms with Crippen molar-refractivity contribution >= 4 is 33.0 Å². The maximum absolute atomic E-state index is 13.4. The number of ether oxygens (including phenoxy) is 2. The van der Waals surface area contributed by atoms with E-state index in [4.69, 9.17) is 9.47 Å². The Hall–Kier alpha value is -6.21. The number of hydrogen-bond acceptors (Lipinski definition) is 6. The van der Waals surface area contributed by atoms with Crippen LogP contribution in [0.15, 0.2) is 132 Å². The van der Waals surface area contributed by atoms with Gasteiger partial charge in [0, 0.05) is 23.5 Å². The molecule has 0 atom stereocenters. The Morgan fingerprint density at radius 3 is 1.33 bits per heavy atom. The quantitative estimate of drug-likeness (QED) is 0.198. The minimum absolute atomic E-state index is 0.0973. The lowest BCUT2D eigenvalue weighted by atomic mass is 10.3. The highest BCUT2D eigenvalue weighted by Gasteiger charge is 2.23.